The van der Waals surface area contributed by atoms with E-state index in [4.69, 9.17) is 14.8 Å². The minimum absolute atomic E-state index is 0.0270. The van der Waals surface area contributed by atoms with Crippen LogP contribution in [0.25, 0.3) is 0 Å². The predicted molar refractivity (Wildman–Crippen MR) is 64.6 cm³/mol. The average Bonchev–Trinajstić information content (AvgIpc) is 1.99. The topological polar surface area (TPSA) is 70.3 Å². The first-order valence-electron chi connectivity index (χ1n) is 5.36. The van der Waals surface area contributed by atoms with E-state index >= 15 is 0 Å². The number of aliphatic carboxylic acids is 1. The molecule has 0 radical (unpaired) electrons. The van der Waals surface area contributed by atoms with Crippen molar-refractivity contribution in [2.45, 2.75) is 57.8 Å². The molecule has 0 saturated carbocycles. The summed E-state index contributed by atoms with van der Waals surface area (Å²) >= 11 is 0. The highest BCUT2D eigenvalue weighted by Gasteiger charge is 2.39. The minimum Gasteiger partial charge on any atom is -0.481 e. The first-order chi connectivity index (χ1) is 7.10. The van der Waals surface area contributed by atoms with Gasteiger partial charge in [0.15, 0.2) is 8.32 Å². The molecule has 0 aliphatic rings. The minimum atomic E-state index is -1.99. The summed E-state index contributed by atoms with van der Waals surface area (Å²) < 4.78 is 5.89. The Morgan fingerprint density at radius 1 is 1.50 bits per heavy atom. The summed E-state index contributed by atoms with van der Waals surface area (Å²) in [7, 11) is -1.99. The van der Waals surface area contributed by atoms with Crippen molar-refractivity contribution in [1.29, 1.82) is 5.26 Å². The molecule has 0 aromatic rings. The van der Waals surface area contributed by atoms with Gasteiger partial charge in [0.2, 0.25) is 0 Å². The van der Waals surface area contributed by atoms with Crippen molar-refractivity contribution >= 4 is 14.3 Å². The predicted octanol–water partition coefficient (Wildman–Crippen LogP) is 2.77. The van der Waals surface area contributed by atoms with Crippen LogP contribution in [-0.2, 0) is 9.22 Å². The molecule has 0 bridgehead atoms. The van der Waals surface area contributed by atoms with Crippen molar-refractivity contribution in [3.63, 3.8) is 0 Å². The number of nitrogens with zero attached hydrogens (tertiary/aromatic N) is 1. The summed E-state index contributed by atoms with van der Waals surface area (Å²) in [6, 6.07) is 1.98. The lowest BCUT2D eigenvalue weighted by Gasteiger charge is -2.38. The summed E-state index contributed by atoms with van der Waals surface area (Å²) in [6.45, 7) is 10.4. The van der Waals surface area contributed by atoms with Gasteiger partial charge in [-0.2, -0.15) is 5.26 Å². The maximum atomic E-state index is 10.6. The van der Waals surface area contributed by atoms with Gasteiger partial charge < -0.3 is 9.53 Å². The van der Waals surface area contributed by atoms with E-state index < -0.39 is 20.4 Å². The zero-order valence-corrected chi connectivity index (χ0v) is 11.7. The highest BCUT2D eigenvalue weighted by atomic mass is 28.4. The standard InChI is InChI=1S/C11H21NO3Si/c1-11(2,3)16(4,5)15-9(6-7-12)8-10(13)14/h9H,6,8H2,1-5H3,(H,13,14)/t9-/m0/s1. The molecule has 0 aliphatic carbocycles. The molecule has 92 valence electrons. The molecule has 5 heteroatoms. The maximum absolute atomic E-state index is 10.6. The zero-order chi connectivity index (χ0) is 13.0. The number of hydrogen-bond donors (Lipinski definition) is 1. The van der Waals surface area contributed by atoms with Crippen molar-refractivity contribution in [3.8, 4) is 6.07 Å². The Morgan fingerprint density at radius 3 is 2.31 bits per heavy atom. The Kier molecular flexibility index (Phi) is 5.17. The number of rotatable bonds is 5. The third-order valence-corrected chi connectivity index (χ3v) is 7.52. The zero-order valence-electron chi connectivity index (χ0n) is 10.7. The van der Waals surface area contributed by atoms with Crippen LogP contribution in [0.4, 0.5) is 0 Å². The number of carbonyl (C=O) groups is 1. The van der Waals surface area contributed by atoms with Crippen LogP contribution in [0, 0.1) is 11.3 Å². The number of carboxylic acids is 1. The molecule has 0 heterocycles. The second-order valence-electron chi connectivity index (χ2n) is 5.46. The van der Waals surface area contributed by atoms with Gasteiger partial charge in [-0.3, -0.25) is 4.79 Å². The monoisotopic (exact) mass is 243 g/mol. The van der Waals surface area contributed by atoms with Crippen LogP contribution in [0.5, 0.6) is 0 Å². The molecule has 1 N–H and O–H groups in total. The average molecular weight is 243 g/mol. The smallest absolute Gasteiger partial charge is 0.305 e. The number of nitriles is 1. The van der Waals surface area contributed by atoms with Gasteiger partial charge >= 0.3 is 5.97 Å². The van der Waals surface area contributed by atoms with Crippen LogP contribution in [0.3, 0.4) is 0 Å². The van der Waals surface area contributed by atoms with E-state index in [0.717, 1.165) is 0 Å². The molecule has 0 aromatic heterocycles. The summed E-state index contributed by atoms with van der Waals surface area (Å²) in [4.78, 5) is 10.6. The Balaban J connectivity index is 4.63. The molecule has 0 rings (SSSR count). The van der Waals surface area contributed by atoms with Gasteiger partial charge in [0.25, 0.3) is 0 Å². The SMILES string of the molecule is CC(C)(C)[Si](C)(C)O[C@@H](CC#N)CC(=O)O. The van der Waals surface area contributed by atoms with E-state index in [9.17, 15) is 4.79 Å². The molecule has 4 nitrogen and oxygen atoms in total. The Morgan fingerprint density at radius 2 is 2.00 bits per heavy atom. The quantitative estimate of drug-likeness (QED) is 0.754. The number of hydrogen-bond acceptors (Lipinski definition) is 3. The lowest BCUT2D eigenvalue weighted by Crippen LogP contribution is -2.44. The molecule has 0 aliphatic heterocycles. The first kappa shape index (κ1) is 15.1. The molecule has 0 amide bonds. The van der Waals surface area contributed by atoms with Gasteiger partial charge in [0.1, 0.15) is 0 Å². The molecule has 16 heavy (non-hydrogen) atoms. The summed E-state index contributed by atoms with van der Waals surface area (Å²) in [6.07, 6.45) is -0.442. The van der Waals surface area contributed by atoms with Crippen LogP contribution in [-0.4, -0.2) is 25.5 Å². The van der Waals surface area contributed by atoms with E-state index in [0.29, 0.717) is 0 Å². The van der Waals surface area contributed by atoms with Gasteiger partial charge in [-0.15, -0.1) is 0 Å². The molecule has 0 unspecified atom stereocenters. The third kappa shape index (κ3) is 4.77. The largest absolute Gasteiger partial charge is 0.481 e. The fraction of sp³-hybridized carbons (Fsp3) is 0.818. The Bertz CT molecular complexity index is 289. The van der Waals surface area contributed by atoms with Crippen LogP contribution in [0.2, 0.25) is 18.1 Å². The van der Waals surface area contributed by atoms with Gasteiger partial charge in [0, 0.05) is 0 Å². The Labute approximate surface area is 98.4 Å². The fourth-order valence-corrected chi connectivity index (χ4v) is 2.40. The summed E-state index contributed by atoms with van der Waals surface area (Å²) in [5.74, 6) is -0.918. The molecular weight excluding hydrogens is 222 g/mol. The summed E-state index contributed by atoms with van der Waals surface area (Å²) in [5, 5.41) is 17.4. The third-order valence-electron chi connectivity index (χ3n) is 2.99. The van der Waals surface area contributed by atoms with Crippen LogP contribution in [0.1, 0.15) is 33.6 Å². The van der Waals surface area contributed by atoms with Gasteiger partial charge in [-0.05, 0) is 18.1 Å². The molecule has 0 aromatic carbocycles. The Hall–Kier alpha value is -0.863. The van der Waals surface area contributed by atoms with Crippen molar-refractivity contribution in [3.05, 3.63) is 0 Å². The summed E-state index contributed by atoms with van der Waals surface area (Å²) in [5.41, 5.74) is 0. The van der Waals surface area contributed by atoms with Gasteiger partial charge in [0.05, 0.1) is 25.0 Å². The molecule has 0 fully saturated rings. The maximum Gasteiger partial charge on any atom is 0.305 e. The lowest BCUT2D eigenvalue weighted by molar-refractivity contribution is -0.138. The normalized spacial score (nSPS) is 14.2. The van der Waals surface area contributed by atoms with Crippen LogP contribution < -0.4 is 0 Å². The first-order valence-corrected chi connectivity index (χ1v) is 8.27. The van der Waals surface area contributed by atoms with E-state index in [1.54, 1.807) is 0 Å². The van der Waals surface area contributed by atoms with E-state index in [-0.39, 0.29) is 17.9 Å². The van der Waals surface area contributed by atoms with E-state index in [1.165, 1.54) is 0 Å². The number of carboxylic acid groups (broad SMARTS) is 1. The fourth-order valence-electron chi connectivity index (χ4n) is 1.05. The van der Waals surface area contributed by atoms with E-state index in [2.05, 4.69) is 33.9 Å². The molecular formula is C11H21NO3Si. The van der Waals surface area contributed by atoms with Crippen molar-refractivity contribution in [2.75, 3.05) is 0 Å². The van der Waals surface area contributed by atoms with Gasteiger partial charge in [-0.1, -0.05) is 20.8 Å². The van der Waals surface area contributed by atoms with Crippen molar-refractivity contribution < 1.29 is 14.3 Å². The highest BCUT2D eigenvalue weighted by molar-refractivity contribution is 6.74. The molecule has 0 spiro atoms. The second kappa shape index (κ2) is 5.46. The van der Waals surface area contributed by atoms with Crippen molar-refractivity contribution in [2.24, 2.45) is 0 Å². The molecule has 1 atom stereocenters. The highest BCUT2D eigenvalue weighted by Crippen LogP contribution is 2.37. The van der Waals surface area contributed by atoms with Gasteiger partial charge in [-0.25, -0.2) is 0 Å². The van der Waals surface area contributed by atoms with Crippen molar-refractivity contribution in [1.82, 2.24) is 0 Å². The van der Waals surface area contributed by atoms with E-state index in [1.807, 2.05) is 6.07 Å². The molecule has 0 saturated heterocycles. The second-order valence-corrected chi connectivity index (χ2v) is 10.2. The van der Waals surface area contributed by atoms with Crippen LogP contribution >= 0.6 is 0 Å². The van der Waals surface area contributed by atoms with Crippen LogP contribution in [0.15, 0.2) is 0 Å². The lowest BCUT2D eigenvalue weighted by atomic mass is 10.2.